The summed E-state index contributed by atoms with van der Waals surface area (Å²) in [6.45, 7) is 4.96. The standard InChI is InChI=1S/C17H25N3O/c1-4-5-6-15-7-9-16(10-8-15)20-12-11-18-17(20)19-14(2)13-21-3/h7-12,14H,4-6,13H2,1-3H3,(H,18,19). The fourth-order valence-corrected chi connectivity index (χ4v) is 2.33. The van der Waals surface area contributed by atoms with E-state index in [1.807, 2.05) is 12.4 Å². The van der Waals surface area contributed by atoms with Crippen LogP contribution in [0.1, 0.15) is 32.3 Å². The van der Waals surface area contributed by atoms with Gasteiger partial charge in [0.1, 0.15) is 0 Å². The van der Waals surface area contributed by atoms with Crippen molar-refractivity contribution in [1.82, 2.24) is 9.55 Å². The second kappa shape index (κ2) is 7.84. The van der Waals surface area contributed by atoms with Crippen molar-refractivity contribution in [2.24, 2.45) is 0 Å². The highest BCUT2D eigenvalue weighted by molar-refractivity contribution is 5.43. The van der Waals surface area contributed by atoms with Gasteiger partial charge in [0.25, 0.3) is 0 Å². The molecule has 21 heavy (non-hydrogen) atoms. The maximum absolute atomic E-state index is 5.15. The Balaban J connectivity index is 2.09. The van der Waals surface area contributed by atoms with Crippen LogP contribution in [0.25, 0.3) is 5.69 Å². The first kappa shape index (κ1) is 15.6. The highest BCUT2D eigenvalue weighted by Gasteiger charge is 2.08. The summed E-state index contributed by atoms with van der Waals surface area (Å²) in [5.74, 6) is 0.848. The minimum Gasteiger partial charge on any atom is -0.383 e. The van der Waals surface area contributed by atoms with Crippen LogP contribution in [0, 0.1) is 0 Å². The molecular weight excluding hydrogens is 262 g/mol. The average Bonchev–Trinajstić information content (AvgIpc) is 2.94. The van der Waals surface area contributed by atoms with Gasteiger partial charge in [-0.25, -0.2) is 4.98 Å². The SMILES string of the molecule is CCCCc1ccc(-n2ccnc2NC(C)COC)cc1. The minimum absolute atomic E-state index is 0.222. The Morgan fingerprint density at radius 1 is 1.29 bits per heavy atom. The summed E-state index contributed by atoms with van der Waals surface area (Å²) in [5, 5.41) is 3.37. The molecule has 0 saturated carbocycles. The van der Waals surface area contributed by atoms with E-state index in [0.717, 1.165) is 18.1 Å². The number of methoxy groups -OCH3 is 1. The van der Waals surface area contributed by atoms with E-state index in [4.69, 9.17) is 4.74 Å². The first-order valence-corrected chi connectivity index (χ1v) is 7.62. The summed E-state index contributed by atoms with van der Waals surface area (Å²) in [6, 6.07) is 8.93. The molecule has 0 aliphatic carbocycles. The number of unbranched alkanes of at least 4 members (excludes halogenated alkanes) is 1. The Hall–Kier alpha value is -1.81. The second-order valence-corrected chi connectivity index (χ2v) is 5.39. The predicted octanol–water partition coefficient (Wildman–Crippen LogP) is 3.66. The molecule has 114 valence electrons. The van der Waals surface area contributed by atoms with Gasteiger partial charge >= 0.3 is 0 Å². The summed E-state index contributed by atoms with van der Waals surface area (Å²) in [5.41, 5.74) is 2.52. The van der Waals surface area contributed by atoms with E-state index < -0.39 is 0 Å². The van der Waals surface area contributed by atoms with Crippen molar-refractivity contribution in [1.29, 1.82) is 0 Å². The zero-order valence-electron chi connectivity index (χ0n) is 13.2. The lowest BCUT2D eigenvalue weighted by atomic mass is 10.1. The van der Waals surface area contributed by atoms with Crippen LogP contribution in [0.4, 0.5) is 5.95 Å². The number of anilines is 1. The largest absolute Gasteiger partial charge is 0.383 e. The smallest absolute Gasteiger partial charge is 0.207 e. The number of rotatable bonds is 8. The quantitative estimate of drug-likeness (QED) is 0.805. The van der Waals surface area contributed by atoms with Gasteiger partial charge in [-0.15, -0.1) is 0 Å². The van der Waals surface area contributed by atoms with Gasteiger partial charge in [-0.05, 0) is 37.5 Å². The number of ether oxygens (including phenoxy) is 1. The lowest BCUT2D eigenvalue weighted by molar-refractivity contribution is 0.190. The van der Waals surface area contributed by atoms with Crippen LogP contribution in [0.15, 0.2) is 36.7 Å². The van der Waals surface area contributed by atoms with E-state index in [1.165, 1.54) is 18.4 Å². The van der Waals surface area contributed by atoms with Gasteiger partial charge in [-0.3, -0.25) is 4.57 Å². The molecule has 0 spiro atoms. The van der Waals surface area contributed by atoms with Gasteiger partial charge in [0.15, 0.2) is 0 Å². The van der Waals surface area contributed by atoms with Gasteiger partial charge in [0.05, 0.1) is 6.61 Å². The molecule has 1 unspecified atom stereocenters. The average molecular weight is 287 g/mol. The molecule has 0 fully saturated rings. The number of aryl methyl sites for hydroxylation is 1. The molecule has 4 heteroatoms. The molecule has 0 aliphatic rings. The molecule has 1 atom stereocenters. The summed E-state index contributed by atoms with van der Waals surface area (Å²) >= 11 is 0. The second-order valence-electron chi connectivity index (χ2n) is 5.39. The van der Waals surface area contributed by atoms with Gasteiger partial charge < -0.3 is 10.1 Å². The van der Waals surface area contributed by atoms with Crippen molar-refractivity contribution in [3.8, 4) is 5.69 Å². The van der Waals surface area contributed by atoms with E-state index in [1.54, 1.807) is 7.11 Å². The Labute approximate surface area is 127 Å². The molecule has 4 nitrogen and oxygen atoms in total. The van der Waals surface area contributed by atoms with Crippen molar-refractivity contribution in [3.05, 3.63) is 42.2 Å². The highest BCUT2D eigenvalue weighted by Crippen LogP contribution is 2.17. The van der Waals surface area contributed by atoms with E-state index in [2.05, 4.69) is 53.0 Å². The normalized spacial score (nSPS) is 12.3. The summed E-state index contributed by atoms with van der Waals surface area (Å²) < 4.78 is 7.22. The van der Waals surface area contributed by atoms with Crippen LogP contribution in [-0.4, -0.2) is 29.3 Å². The summed E-state index contributed by atoms with van der Waals surface area (Å²) in [4.78, 5) is 4.38. The third-order valence-corrected chi connectivity index (χ3v) is 3.47. The molecule has 0 bridgehead atoms. The molecule has 0 saturated heterocycles. The monoisotopic (exact) mass is 287 g/mol. The Morgan fingerprint density at radius 2 is 2.05 bits per heavy atom. The lowest BCUT2D eigenvalue weighted by Crippen LogP contribution is -2.22. The molecule has 1 heterocycles. The summed E-state index contributed by atoms with van der Waals surface area (Å²) in [7, 11) is 1.71. The maximum atomic E-state index is 5.15. The molecule has 1 N–H and O–H groups in total. The van der Waals surface area contributed by atoms with Gasteiger partial charge in [0.2, 0.25) is 5.95 Å². The third-order valence-electron chi connectivity index (χ3n) is 3.47. The number of benzene rings is 1. The van der Waals surface area contributed by atoms with Gasteiger partial charge in [-0.1, -0.05) is 25.5 Å². The minimum atomic E-state index is 0.222. The maximum Gasteiger partial charge on any atom is 0.207 e. The predicted molar refractivity (Wildman–Crippen MR) is 87.1 cm³/mol. The molecule has 2 rings (SSSR count). The van der Waals surface area contributed by atoms with E-state index in [0.29, 0.717) is 6.61 Å². The number of nitrogens with one attached hydrogen (secondary N) is 1. The van der Waals surface area contributed by atoms with Crippen LogP contribution >= 0.6 is 0 Å². The van der Waals surface area contributed by atoms with Crippen molar-refractivity contribution < 1.29 is 4.74 Å². The van der Waals surface area contributed by atoms with Crippen molar-refractivity contribution in [2.45, 2.75) is 39.2 Å². The molecule has 0 aliphatic heterocycles. The molecule has 0 amide bonds. The fraction of sp³-hybridized carbons (Fsp3) is 0.471. The van der Waals surface area contributed by atoms with Crippen molar-refractivity contribution in [3.63, 3.8) is 0 Å². The molecular formula is C17H25N3O. The van der Waals surface area contributed by atoms with Gasteiger partial charge in [-0.2, -0.15) is 0 Å². The van der Waals surface area contributed by atoms with Gasteiger partial charge in [0, 0.05) is 31.2 Å². The fourth-order valence-electron chi connectivity index (χ4n) is 2.33. The zero-order chi connectivity index (χ0) is 15.1. The van der Waals surface area contributed by atoms with Crippen LogP contribution in [0.3, 0.4) is 0 Å². The topological polar surface area (TPSA) is 39.1 Å². The first-order valence-electron chi connectivity index (χ1n) is 7.62. The van der Waals surface area contributed by atoms with Crippen molar-refractivity contribution in [2.75, 3.05) is 19.0 Å². The first-order chi connectivity index (χ1) is 10.2. The zero-order valence-corrected chi connectivity index (χ0v) is 13.2. The lowest BCUT2D eigenvalue weighted by Gasteiger charge is -2.15. The highest BCUT2D eigenvalue weighted by atomic mass is 16.5. The Bertz CT molecular complexity index is 533. The molecule has 0 radical (unpaired) electrons. The Morgan fingerprint density at radius 3 is 2.71 bits per heavy atom. The number of aromatic nitrogens is 2. The number of hydrogen-bond acceptors (Lipinski definition) is 3. The van der Waals surface area contributed by atoms with Crippen LogP contribution in [-0.2, 0) is 11.2 Å². The van der Waals surface area contributed by atoms with Crippen LogP contribution in [0.5, 0.6) is 0 Å². The Kier molecular flexibility index (Phi) is 5.81. The molecule has 2 aromatic rings. The van der Waals surface area contributed by atoms with E-state index in [9.17, 15) is 0 Å². The molecule has 1 aromatic carbocycles. The molecule has 1 aromatic heterocycles. The number of nitrogens with zero attached hydrogens (tertiary/aromatic N) is 2. The van der Waals surface area contributed by atoms with Crippen molar-refractivity contribution >= 4 is 5.95 Å². The van der Waals surface area contributed by atoms with Crippen LogP contribution in [0.2, 0.25) is 0 Å². The summed E-state index contributed by atoms with van der Waals surface area (Å²) in [6.07, 6.45) is 7.41. The van der Waals surface area contributed by atoms with E-state index in [-0.39, 0.29) is 6.04 Å². The third kappa shape index (κ3) is 4.33. The number of imidazole rings is 1. The van der Waals surface area contributed by atoms with Crippen LogP contribution < -0.4 is 5.32 Å². The number of hydrogen-bond donors (Lipinski definition) is 1. The van der Waals surface area contributed by atoms with E-state index >= 15 is 0 Å².